The maximum atomic E-state index is 12.6. The summed E-state index contributed by atoms with van der Waals surface area (Å²) in [4.78, 5) is 0. The monoisotopic (exact) mass is 1080 g/mol. The van der Waals surface area contributed by atoms with Crippen LogP contribution in [0.15, 0.2) is 35.9 Å². The van der Waals surface area contributed by atoms with Crippen LogP contribution in [0.25, 0.3) is 16.9 Å². The molecule has 0 bridgehead atoms. The second-order valence-corrected chi connectivity index (χ2v) is 21.3. The Bertz CT molecular complexity index is 1820. The van der Waals surface area contributed by atoms with Crippen molar-refractivity contribution in [1.82, 2.24) is 0 Å². The van der Waals surface area contributed by atoms with E-state index >= 15 is 0 Å². The van der Waals surface area contributed by atoms with Crippen molar-refractivity contribution >= 4 is 31.8 Å². The van der Waals surface area contributed by atoms with Crippen LogP contribution in [0.1, 0.15) is 201 Å². The molecule has 1 aliphatic heterocycles. The molecule has 3 rings (SSSR count). The molecule has 0 radical (unpaired) electrons. The molecule has 0 aliphatic carbocycles. The van der Waals surface area contributed by atoms with E-state index in [-0.39, 0.29) is 12.8 Å². The summed E-state index contributed by atoms with van der Waals surface area (Å²) in [5.74, 6) is 0. The number of aliphatic hydroxyl groups excluding tert-OH is 10. The number of aliphatic hydroxyl groups is 10. The van der Waals surface area contributed by atoms with Gasteiger partial charge in [0.1, 0.15) is 36.6 Å². The molecule has 10 N–H and O–H groups in total. The molecule has 0 aromatic heterocycles. The number of nitrogens with zero attached hydrogens (tertiary/aromatic N) is 2. The third-order valence-corrected chi connectivity index (χ3v) is 14.0. The molecule has 71 heavy (non-hydrogen) atoms. The van der Waals surface area contributed by atoms with Crippen molar-refractivity contribution in [2.45, 2.75) is 244 Å². The first-order valence-electron chi connectivity index (χ1n) is 26.9. The fourth-order valence-corrected chi connectivity index (χ4v) is 9.67. The maximum absolute atomic E-state index is 12.6. The van der Waals surface area contributed by atoms with E-state index in [1.807, 2.05) is 0 Å². The van der Waals surface area contributed by atoms with Gasteiger partial charge in [0.2, 0.25) is 11.4 Å². The third-order valence-electron chi connectivity index (χ3n) is 14.0. The number of hydrogen-bond donors (Lipinski definition) is 10. The second kappa shape index (κ2) is 37.0. The Morgan fingerprint density at radius 3 is 1.07 bits per heavy atom. The van der Waals surface area contributed by atoms with Gasteiger partial charge < -0.3 is 56.6 Å². The molecular formula is C56H92Cl2N2NiO10. The van der Waals surface area contributed by atoms with Gasteiger partial charge in [-0.3, -0.25) is 0 Å². The number of unbranched alkanes of at least 4 members (excludes halogenated alkanes) is 13. The molecule has 2 aromatic carbocycles. The molecule has 2 aromatic rings. The zero-order valence-electron chi connectivity index (χ0n) is 43.5. The molecule has 8 atom stereocenters. The van der Waals surface area contributed by atoms with Crippen LogP contribution < -0.4 is 0 Å². The van der Waals surface area contributed by atoms with Crippen molar-refractivity contribution < 1.29 is 68.4 Å². The van der Waals surface area contributed by atoms with Crippen molar-refractivity contribution in [3.8, 4) is 0 Å². The average molecular weight is 1080 g/mol. The van der Waals surface area contributed by atoms with Gasteiger partial charge in [0.25, 0.3) is 0 Å². The topological polar surface area (TPSA) is 228 Å². The van der Waals surface area contributed by atoms with Gasteiger partial charge >= 0.3 is 33.0 Å². The summed E-state index contributed by atoms with van der Waals surface area (Å²) in [7, 11) is 9.40. The van der Waals surface area contributed by atoms with E-state index in [9.17, 15) is 56.6 Å². The number of aryl methyl sites for hydroxylation is 4. The molecule has 12 nitrogen and oxygen atoms in total. The Labute approximate surface area is 441 Å². The Morgan fingerprint density at radius 1 is 0.451 bits per heavy atom. The Balaban J connectivity index is 0.00000561. The van der Waals surface area contributed by atoms with Crippen molar-refractivity contribution in [2.24, 2.45) is 0 Å². The van der Waals surface area contributed by atoms with E-state index in [4.69, 9.17) is 20.4 Å². The van der Waals surface area contributed by atoms with Gasteiger partial charge in [-0.25, -0.2) is 4.70 Å². The minimum atomic E-state index is -1.73. The number of allylic oxidation sites excluding steroid dienone is 2. The van der Waals surface area contributed by atoms with Crippen LogP contribution >= 0.6 is 20.4 Å². The van der Waals surface area contributed by atoms with Gasteiger partial charge in [0.05, 0.1) is 25.4 Å². The summed E-state index contributed by atoms with van der Waals surface area (Å²) < 4.78 is 1.33. The summed E-state index contributed by atoms with van der Waals surface area (Å²) >= 11 is 0.569. The zero-order chi connectivity index (χ0) is 52.9. The van der Waals surface area contributed by atoms with E-state index in [2.05, 4.69) is 65.0 Å². The molecule has 8 unspecified atom stereocenters. The van der Waals surface area contributed by atoms with Gasteiger partial charge in [-0.1, -0.05) is 118 Å². The van der Waals surface area contributed by atoms with Crippen molar-refractivity contribution in [3.63, 3.8) is 0 Å². The standard InChI is InChI=1S/C56H92N2O10.2ClH.Ni/c1-6-11-16-20-25-38-29-43(30-39(26-21-17-12-7-2)45(38)34-48(61)53(65)55(67)50(63)36-59)47-33-42(24-15-10-5)52(58(47)57)44-31-40(27-22-18-13-8-3)46(41(32-44)28-23-19-14-9-4)35-49(62)54(66)56(68)51(64)37-60;;;/h29-33,48-51,53-56,59-68H,6-28,34-37H2,1-5H3;2*1H;/q;;;+2/p-2. The van der Waals surface area contributed by atoms with Gasteiger partial charge in [-0.15, -0.1) is 0 Å². The molecule has 0 saturated heterocycles. The fraction of sp³-hybridized carbons (Fsp3) is 0.714. The fourth-order valence-electron chi connectivity index (χ4n) is 9.67. The normalized spacial score (nSPS) is 16.4. The summed E-state index contributed by atoms with van der Waals surface area (Å²) in [6.07, 6.45) is 10.9. The van der Waals surface area contributed by atoms with Crippen LogP contribution in [0.5, 0.6) is 0 Å². The van der Waals surface area contributed by atoms with Crippen LogP contribution in [-0.4, -0.2) is 118 Å². The first kappa shape index (κ1) is 65.3. The number of hydrogen-bond acceptors (Lipinski definition) is 10. The third kappa shape index (κ3) is 21.4. The van der Waals surface area contributed by atoms with E-state index in [0.29, 0.717) is 49.7 Å². The Hall–Kier alpha value is -1.81. The van der Waals surface area contributed by atoms with E-state index in [1.54, 1.807) is 0 Å². The predicted octanol–water partition coefficient (Wildman–Crippen LogP) is 9.50. The molecule has 410 valence electrons. The quantitative estimate of drug-likeness (QED) is 0.0175. The van der Waals surface area contributed by atoms with Gasteiger partial charge in [0, 0.05) is 35.6 Å². The van der Waals surface area contributed by atoms with Crippen LogP contribution in [0.3, 0.4) is 0 Å². The van der Waals surface area contributed by atoms with E-state index in [1.165, 1.54) is 4.70 Å². The molecule has 15 heteroatoms. The Morgan fingerprint density at radius 2 is 0.761 bits per heavy atom. The van der Waals surface area contributed by atoms with E-state index < -0.39 is 62.0 Å². The van der Waals surface area contributed by atoms with Crippen molar-refractivity contribution in [2.75, 3.05) is 13.2 Å². The van der Waals surface area contributed by atoms with Crippen LogP contribution in [-0.2, 0) is 51.2 Å². The molecule has 0 fully saturated rings. The minimum absolute atomic E-state index is 0.0388. The summed E-state index contributed by atoms with van der Waals surface area (Å²) in [6.45, 7) is 9.30. The summed E-state index contributed by atoms with van der Waals surface area (Å²) in [5.41, 5.74) is 22.4. The zero-order valence-corrected chi connectivity index (χ0v) is 46.0. The molecule has 1 aliphatic rings. The summed E-state index contributed by atoms with van der Waals surface area (Å²) in [6, 6.07) is 8.43. The molecule has 0 amide bonds. The van der Waals surface area contributed by atoms with Gasteiger partial charge in [0.15, 0.2) is 0 Å². The van der Waals surface area contributed by atoms with Crippen molar-refractivity contribution in [1.29, 1.82) is 0 Å². The second-order valence-electron chi connectivity index (χ2n) is 19.7. The first-order chi connectivity index (χ1) is 34.1. The number of rotatable bonds is 37. The number of benzene rings is 2. The predicted molar refractivity (Wildman–Crippen MR) is 284 cm³/mol. The molecule has 0 saturated carbocycles. The van der Waals surface area contributed by atoms with Gasteiger partial charge in [-0.2, -0.15) is 0 Å². The summed E-state index contributed by atoms with van der Waals surface area (Å²) in [5, 5.41) is 105. The SMILES string of the molecule is CCCCCCc1cc(C2=CC(CCCC)=C(c3cc(CCCCCC)c(CC(O)C(O)C(O)C(O)CO)c(CCCCCC)c3)[N+]2=[N-])cc(CCCCCC)c1CC(O)C(O)C(O)C(O)CO.[Cl][Ni][Cl]. The van der Waals surface area contributed by atoms with Gasteiger partial charge in [-0.05, 0) is 122 Å². The molecular weight excluding hydrogens is 990 g/mol. The average Bonchev–Trinajstić information content (AvgIpc) is 3.70. The molecule has 1 heterocycles. The van der Waals surface area contributed by atoms with Crippen LogP contribution in [0.2, 0.25) is 0 Å². The van der Waals surface area contributed by atoms with Crippen LogP contribution in [0, 0.1) is 0 Å². The van der Waals surface area contributed by atoms with Crippen LogP contribution in [0.4, 0.5) is 0 Å². The first-order valence-corrected chi connectivity index (χ1v) is 29.6. The molecule has 0 spiro atoms. The number of halogens is 2. The Kier molecular flexibility index (Phi) is 34.1. The van der Waals surface area contributed by atoms with Crippen molar-refractivity contribution in [3.05, 3.63) is 86.0 Å². The van der Waals surface area contributed by atoms with E-state index in [0.717, 1.165) is 172 Å².